The molecule has 0 aliphatic heterocycles. The molecule has 0 unspecified atom stereocenters. The Balaban J connectivity index is -0.000000779. The number of rotatable bonds is 18. The van der Waals surface area contributed by atoms with Crippen LogP contribution in [0, 0.1) is 0 Å². The third kappa shape index (κ3) is 46.1. The highest BCUT2D eigenvalue weighted by molar-refractivity contribution is 5.86. The largest absolute Gasteiger partial charge is 0.442 e. The monoisotopic (exact) mass is 747 g/mol. The third-order valence-corrected chi connectivity index (χ3v) is 3.78. The Bertz CT molecular complexity index is 947. The smallest absolute Gasteiger partial charge is 0.431 e. The lowest BCUT2D eigenvalue weighted by molar-refractivity contribution is -0.168. The minimum Gasteiger partial charge on any atom is -0.442 e. The topological polar surface area (TPSA) is 300 Å². The summed E-state index contributed by atoms with van der Waals surface area (Å²) in [4.78, 5) is 81.0. The number of hydrogen-bond acceptors (Lipinski definition) is 18. The summed E-state index contributed by atoms with van der Waals surface area (Å²) in [6.07, 6.45) is -2.57. The van der Waals surface area contributed by atoms with Gasteiger partial charge in [0.1, 0.15) is 16.8 Å². The number of aliphatic hydroxyl groups excluding tert-OH is 2. The molecule has 0 aliphatic carbocycles. The Morgan fingerprint density at radius 1 is 0.549 bits per heavy atom. The Labute approximate surface area is 297 Å². The number of carbonyl (C=O) groups is 6. The van der Waals surface area contributed by atoms with Gasteiger partial charge in [-0.15, -0.1) is 0 Å². The first kappa shape index (κ1) is 51.5. The van der Waals surface area contributed by atoms with Gasteiger partial charge in [-0.1, -0.05) is 0 Å². The highest BCUT2D eigenvalue weighted by Crippen LogP contribution is 2.07. The van der Waals surface area contributed by atoms with Crippen molar-refractivity contribution in [1.29, 1.82) is 0 Å². The molecule has 0 fully saturated rings. The third-order valence-electron chi connectivity index (χ3n) is 3.78. The minimum atomic E-state index is -1.08. The molecule has 0 saturated heterocycles. The van der Waals surface area contributed by atoms with Gasteiger partial charge in [0.2, 0.25) is 5.91 Å². The van der Waals surface area contributed by atoms with Crippen molar-refractivity contribution in [2.45, 2.75) is 79.1 Å². The van der Waals surface area contributed by atoms with E-state index in [1.165, 1.54) is 0 Å². The van der Waals surface area contributed by atoms with Crippen molar-refractivity contribution >= 4 is 36.1 Å². The van der Waals surface area contributed by atoms with E-state index in [0.717, 1.165) is 0 Å². The predicted octanol–water partition coefficient (Wildman–Crippen LogP) is -0.509. The van der Waals surface area contributed by atoms with Crippen LogP contribution in [0.2, 0.25) is 0 Å². The van der Waals surface area contributed by atoms with Crippen molar-refractivity contribution in [3.63, 3.8) is 0 Å². The van der Waals surface area contributed by atoms with Gasteiger partial charge in [0.05, 0.1) is 39.6 Å². The lowest BCUT2D eigenvalue weighted by Crippen LogP contribution is -2.37. The molecule has 0 bridgehead atoms. The summed E-state index contributed by atoms with van der Waals surface area (Å²) in [6, 6.07) is 0. The minimum absolute atomic E-state index is 0.0587. The molecule has 300 valence electrons. The molecule has 0 radical (unpaired) electrons. The number of ether oxygens (including phenoxy) is 6. The summed E-state index contributed by atoms with van der Waals surface area (Å²) in [5.74, 6) is -2.56. The van der Waals surface area contributed by atoms with Crippen LogP contribution in [-0.2, 0) is 57.3 Å². The average molecular weight is 748 g/mol. The molecule has 0 aromatic rings. The van der Waals surface area contributed by atoms with Crippen LogP contribution >= 0.6 is 0 Å². The zero-order valence-electron chi connectivity index (χ0n) is 30.9. The number of hydrogen-bond donors (Lipinski definition) is 7. The van der Waals surface area contributed by atoms with Crippen molar-refractivity contribution in [3.8, 4) is 0 Å². The SMILES string of the molecule is CC(C)(C)OC(=O)NOCC(=O)NCCOCCO.CC(C)(C)OC(=O)NOCC(=O)OC(=O)CONC(=O)OC(C)(C)C.NCCOCCO. The number of nitrogens with one attached hydrogen (secondary N) is 4. The van der Waals surface area contributed by atoms with Crippen LogP contribution < -0.4 is 27.5 Å². The fourth-order valence-corrected chi connectivity index (χ4v) is 2.28. The van der Waals surface area contributed by atoms with E-state index in [4.69, 9.17) is 39.6 Å². The van der Waals surface area contributed by atoms with Crippen LogP contribution in [-0.4, -0.2) is 136 Å². The molecule has 22 heteroatoms. The second-order valence-electron chi connectivity index (χ2n) is 12.3. The normalized spacial score (nSPS) is 10.9. The van der Waals surface area contributed by atoms with Gasteiger partial charge in [-0.2, -0.15) is 16.4 Å². The van der Waals surface area contributed by atoms with Gasteiger partial charge in [0.25, 0.3) is 0 Å². The number of aliphatic hydroxyl groups is 2. The summed E-state index contributed by atoms with van der Waals surface area (Å²) in [5.41, 5.74) is 8.65. The van der Waals surface area contributed by atoms with E-state index in [-0.39, 0.29) is 26.4 Å². The maximum atomic E-state index is 11.3. The number of esters is 2. The van der Waals surface area contributed by atoms with Gasteiger partial charge in [0, 0.05) is 13.1 Å². The van der Waals surface area contributed by atoms with Gasteiger partial charge in [-0.05, 0) is 62.3 Å². The predicted molar refractivity (Wildman–Crippen MR) is 175 cm³/mol. The molecule has 0 heterocycles. The fraction of sp³-hybridized carbons (Fsp3) is 0.793. The zero-order chi connectivity index (χ0) is 39.9. The van der Waals surface area contributed by atoms with E-state index in [0.29, 0.717) is 32.9 Å². The van der Waals surface area contributed by atoms with Crippen LogP contribution in [0.1, 0.15) is 62.3 Å². The zero-order valence-corrected chi connectivity index (χ0v) is 30.9. The molecular formula is C29H57N5O17. The van der Waals surface area contributed by atoms with E-state index >= 15 is 0 Å². The molecule has 0 aromatic carbocycles. The molecule has 22 nitrogen and oxygen atoms in total. The fourth-order valence-electron chi connectivity index (χ4n) is 2.28. The maximum Gasteiger partial charge on any atom is 0.431 e. The van der Waals surface area contributed by atoms with Crippen molar-refractivity contribution in [2.75, 3.05) is 72.6 Å². The number of amides is 4. The first-order valence-corrected chi connectivity index (χ1v) is 15.4. The molecule has 0 spiro atoms. The molecule has 0 rings (SSSR count). The van der Waals surface area contributed by atoms with E-state index in [9.17, 15) is 28.8 Å². The van der Waals surface area contributed by atoms with Crippen LogP contribution in [0.4, 0.5) is 14.4 Å². The maximum absolute atomic E-state index is 11.3. The van der Waals surface area contributed by atoms with Crippen LogP contribution in [0.25, 0.3) is 0 Å². The van der Waals surface area contributed by atoms with Gasteiger partial charge in [0.15, 0.2) is 19.8 Å². The molecular weight excluding hydrogens is 690 g/mol. The highest BCUT2D eigenvalue weighted by Gasteiger charge is 2.19. The summed E-state index contributed by atoms with van der Waals surface area (Å²) >= 11 is 0. The molecule has 8 N–H and O–H groups in total. The Morgan fingerprint density at radius 2 is 0.902 bits per heavy atom. The number of nitrogens with two attached hydrogens (primary N) is 1. The van der Waals surface area contributed by atoms with E-state index in [1.807, 2.05) is 16.4 Å². The summed E-state index contributed by atoms with van der Waals surface area (Å²) in [6.45, 7) is 15.5. The standard InChI is InChI=1S/C14H24N2O9.C11H22N2O6.C4H11NO2/c1-13(2,3)24-11(19)15-21-7-9(17)23-10(18)8-22-16-12(20)25-14(4,5)6;1-11(2,3)19-10(16)13-18-8-9(15)12-4-6-17-7-5-14;5-1-3-7-4-2-6/h7-8H2,1-6H3,(H,15,19)(H,16,20);14H,4-8H2,1-3H3,(H,12,15)(H,13,16);6H,1-5H2. The highest BCUT2D eigenvalue weighted by atomic mass is 16.7. The van der Waals surface area contributed by atoms with Crippen molar-refractivity contribution in [1.82, 2.24) is 21.8 Å². The van der Waals surface area contributed by atoms with Gasteiger partial charge in [-0.3, -0.25) is 19.3 Å². The van der Waals surface area contributed by atoms with Gasteiger partial charge in [-0.25, -0.2) is 24.0 Å². The molecule has 0 aromatic heterocycles. The van der Waals surface area contributed by atoms with E-state index in [1.54, 1.807) is 62.3 Å². The average Bonchev–Trinajstić information content (AvgIpc) is 2.95. The quantitative estimate of drug-likeness (QED) is 0.0305. The summed E-state index contributed by atoms with van der Waals surface area (Å²) in [5, 5.41) is 19.1. The molecule has 51 heavy (non-hydrogen) atoms. The van der Waals surface area contributed by atoms with Crippen molar-refractivity contribution in [2.24, 2.45) is 5.73 Å². The van der Waals surface area contributed by atoms with Crippen molar-refractivity contribution in [3.05, 3.63) is 0 Å². The molecule has 0 saturated carbocycles. The van der Waals surface area contributed by atoms with Gasteiger partial charge >= 0.3 is 30.2 Å². The summed E-state index contributed by atoms with van der Waals surface area (Å²) in [7, 11) is 0. The van der Waals surface area contributed by atoms with Crippen LogP contribution in [0.15, 0.2) is 0 Å². The summed E-state index contributed by atoms with van der Waals surface area (Å²) < 4.78 is 28.6. The van der Waals surface area contributed by atoms with E-state index < -0.39 is 66.1 Å². The molecule has 0 atom stereocenters. The number of carbonyl (C=O) groups excluding carboxylic acids is 6. The lowest BCUT2D eigenvalue weighted by atomic mass is 10.2. The lowest BCUT2D eigenvalue weighted by Gasteiger charge is -2.19. The second-order valence-corrected chi connectivity index (χ2v) is 12.3. The Morgan fingerprint density at radius 3 is 1.24 bits per heavy atom. The first-order chi connectivity index (χ1) is 23.5. The van der Waals surface area contributed by atoms with Crippen molar-refractivity contribution < 1.29 is 81.9 Å². The molecule has 0 aliphatic rings. The second kappa shape index (κ2) is 29.8. The molecule has 4 amide bonds. The number of hydroxylamine groups is 3. The first-order valence-electron chi connectivity index (χ1n) is 15.4. The van der Waals surface area contributed by atoms with Gasteiger partial charge < -0.3 is 49.7 Å². The van der Waals surface area contributed by atoms with Crippen LogP contribution in [0.3, 0.4) is 0 Å². The Kier molecular flexibility index (Phi) is 30.1. The Hall–Kier alpha value is -3.90. The van der Waals surface area contributed by atoms with Crippen LogP contribution in [0.5, 0.6) is 0 Å². The van der Waals surface area contributed by atoms with E-state index in [2.05, 4.69) is 24.6 Å².